The summed E-state index contributed by atoms with van der Waals surface area (Å²) in [4.78, 5) is 25.9. The molecule has 1 N–H and O–H groups in total. The van der Waals surface area contributed by atoms with Gasteiger partial charge in [0.2, 0.25) is 5.91 Å². The highest BCUT2D eigenvalue weighted by Gasteiger charge is 2.49. The largest absolute Gasteiger partial charge is 0.355 e. The first-order valence-corrected chi connectivity index (χ1v) is 12.7. The van der Waals surface area contributed by atoms with E-state index in [1.807, 2.05) is 17.3 Å². The number of rotatable bonds is 3. The van der Waals surface area contributed by atoms with Crippen molar-refractivity contribution in [3.05, 3.63) is 47.4 Å². The van der Waals surface area contributed by atoms with Crippen LogP contribution < -0.4 is 4.90 Å². The molecular formula is C28H31N7O. The Bertz CT molecular complexity index is 1450. The van der Waals surface area contributed by atoms with Crippen molar-refractivity contribution in [2.24, 2.45) is 10.8 Å². The molecule has 6 rings (SSSR count). The minimum atomic E-state index is -0.00879. The number of nitrogens with one attached hydrogen (secondary N) is 1. The zero-order chi connectivity index (χ0) is 25.2. The van der Waals surface area contributed by atoms with Gasteiger partial charge in [0.15, 0.2) is 5.65 Å². The fraction of sp³-hybridized carbons (Fsp3) is 0.464. The van der Waals surface area contributed by atoms with Crippen molar-refractivity contribution in [3.63, 3.8) is 0 Å². The number of hydrogen-bond donors (Lipinski definition) is 1. The molecule has 1 amide bonds. The van der Waals surface area contributed by atoms with E-state index < -0.39 is 0 Å². The van der Waals surface area contributed by atoms with Crippen LogP contribution in [0.15, 0.2) is 25.0 Å². The average molecular weight is 482 g/mol. The van der Waals surface area contributed by atoms with E-state index in [2.05, 4.69) is 53.5 Å². The number of carbonyl (C=O) groups is 1. The Kier molecular flexibility index (Phi) is 4.98. The van der Waals surface area contributed by atoms with E-state index in [9.17, 15) is 10.1 Å². The summed E-state index contributed by atoms with van der Waals surface area (Å²) >= 11 is 0. The van der Waals surface area contributed by atoms with Gasteiger partial charge in [0.1, 0.15) is 17.5 Å². The minimum absolute atomic E-state index is 0.00879. The van der Waals surface area contributed by atoms with Crippen LogP contribution in [0.25, 0.3) is 22.2 Å². The van der Waals surface area contributed by atoms with E-state index in [0.29, 0.717) is 5.56 Å². The summed E-state index contributed by atoms with van der Waals surface area (Å²) in [6.07, 6.45) is 8.88. The van der Waals surface area contributed by atoms with E-state index in [4.69, 9.17) is 4.98 Å². The first-order valence-electron chi connectivity index (χ1n) is 12.7. The summed E-state index contributed by atoms with van der Waals surface area (Å²) in [5.74, 6) is 0.771. The fourth-order valence-electron chi connectivity index (χ4n) is 6.44. The molecule has 2 fully saturated rings. The fourth-order valence-corrected chi connectivity index (χ4v) is 6.44. The second-order valence-electron chi connectivity index (χ2n) is 11.6. The Morgan fingerprint density at radius 2 is 2.03 bits per heavy atom. The smallest absolute Gasteiger partial charge is 0.245 e. The molecule has 8 nitrogen and oxygen atoms in total. The molecule has 1 spiro atoms. The molecule has 0 bridgehead atoms. The van der Waals surface area contributed by atoms with Gasteiger partial charge in [0, 0.05) is 60.0 Å². The Morgan fingerprint density at radius 3 is 2.78 bits per heavy atom. The zero-order valence-electron chi connectivity index (χ0n) is 21.2. The third kappa shape index (κ3) is 3.41. The van der Waals surface area contributed by atoms with Crippen LogP contribution in [0.2, 0.25) is 0 Å². The number of likely N-dealkylation sites (tertiary alicyclic amines) is 1. The highest BCUT2D eigenvalue weighted by atomic mass is 16.2. The van der Waals surface area contributed by atoms with Gasteiger partial charge in [-0.2, -0.15) is 10.4 Å². The van der Waals surface area contributed by atoms with E-state index in [1.54, 1.807) is 0 Å². The number of fused-ring (bicyclic) bond motifs is 2. The number of nitrogens with zero attached hydrogens (tertiary/aromatic N) is 6. The maximum Gasteiger partial charge on any atom is 0.245 e. The summed E-state index contributed by atoms with van der Waals surface area (Å²) in [5, 5.41) is 18.7. The lowest BCUT2D eigenvalue weighted by Gasteiger charge is -2.47. The van der Waals surface area contributed by atoms with Gasteiger partial charge in [-0.05, 0) is 55.2 Å². The SMILES string of the molecule is C=CC(=O)N1CC2(CCN(c3nc4c(c(-c5c(C)cnc6[nH]ncc56)c3C#N)CCC(C)(C)C4)C2)C1. The van der Waals surface area contributed by atoms with Crippen LogP contribution in [0.1, 0.15) is 49.1 Å². The summed E-state index contributed by atoms with van der Waals surface area (Å²) in [6.45, 7) is 13.4. The molecule has 36 heavy (non-hydrogen) atoms. The summed E-state index contributed by atoms with van der Waals surface area (Å²) in [5.41, 5.74) is 6.93. The molecule has 3 aliphatic rings. The normalized spacial score (nSPS) is 19.7. The molecule has 0 atom stereocenters. The first-order chi connectivity index (χ1) is 17.2. The second kappa shape index (κ2) is 7.89. The van der Waals surface area contributed by atoms with Crippen molar-refractivity contribution in [2.45, 2.75) is 46.5 Å². The molecule has 0 aromatic carbocycles. The van der Waals surface area contributed by atoms with Crippen LogP contribution in [-0.4, -0.2) is 57.2 Å². The van der Waals surface area contributed by atoms with Crippen LogP contribution >= 0.6 is 0 Å². The Labute approximate surface area is 211 Å². The quantitative estimate of drug-likeness (QED) is 0.569. The number of amides is 1. The van der Waals surface area contributed by atoms with Crippen molar-refractivity contribution in [1.82, 2.24) is 25.1 Å². The number of pyridine rings is 2. The molecule has 0 unspecified atom stereocenters. The van der Waals surface area contributed by atoms with Crippen LogP contribution in [0.4, 0.5) is 5.82 Å². The molecule has 0 saturated carbocycles. The van der Waals surface area contributed by atoms with Crippen LogP contribution in [0, 0.1) is 29.1 Å². The lowest BCUT2D eigenvalue weighted by atomic mass is 9.73. The molecule has 2 aliphatic heterocycles. The highest BCUT2D eigenvalue weighted by molar-refractivity contribution is 5.98. The van der Waals surface area contributed by atoms with Crippen molar-refractivity contribution < 1.29 is 4.79 Å². The predicted octanol–water partition coefficient (Wildman–Crippen LogP) is 3.94. The molecule has 5 heterocycles. The number of carbonyl (C=O) groups excluding carboxylic acids is 1. The maximum absolute atomic E-state index is 12.1. The third-order valence-electron chi connectivity index (χ3n) is 8.37. The number of aryl methyl sites for hydroxylation is 1. The first kappa shape index (κ1) is 22.7. The number of H-pyrrole nitrogens is 1. The van der Waals surface area contributed by atoms with E-state index in [0.717, 1.165) is 91.1 Å². The van der Waals surface area contributed by atoms with Gasteiger partial charge in [-0.15, -0.1) is 0 Å². The van der Waals surface area contributed by atoms with Crippen LogP contribution in [-0.2, 0) is 17.6 Å². The summed E-state index contributed by atoms with van der Waals surface area (Å²) in [7, 11) is 0. The summed E-state index contributed by atoms with van der Waals surface area (Å²) < 4.78 is 0. The maximum atomic E-state index is 12.1. The Morgan fingerprint density at radius 1 is 1.22 bits per heavy atom. The molecule has 8 heteroatoms. The van der Waals surface area contributed by atoms with Gasteiger partial charge >= 0.3 is 0 Å². The van der Waals surface area contributed by atoms with Crippen LogP contribution in [0.3, 0.4) is 0 Å². The van der Waals surface area contributed by atoms with Gasteiger partial charge in [0.25, 0.3) is 0 Å². The van der Waals surface area contributed by atoms with Gasteiger partial charge in [-0.3, -0.25) is 9.89 Å². The number of nitriles is 1. The standard InChI is InChI=1S/C28H31N7O/c1-5-22(36)35-15-28(16-35)8-9-34(14-28)26-19(11-29)24(18-6-7-27(3,4)10-21(18)32-26)23-17(2)12-30-25-20(23)13-31-33-25/h5,12-13H,1,6-10,14-16H2,2-4H3,(H,30,31,33). The number of anilines is 1. The van der Waals surface area contributed by atoms with Gasteiger partial charge < -0.3 is 9.80 Å². The number of aromatic amines is 1. The topological polar surface area (TPSA) is 102 Å². The van der Waals surface area contributed by atoms with Crippen molar-refractivity contribution in [3.8, 4) is 17.2 Å². The number of hydrogen-bond acceptors (Lipinski definition) is 6. The van der Waals surface area contributed by atoms with Gasteiger partial charge in [0.05, 0.1) is 6.20 Å². The lowest BCUT2D eigenvalue weighted by molar-refractivity contribution is -0.136. The van der Waals surface area contributed by atoms with Crippen molar-refractivity contribution >= 4 is 22.8 Å². The van der Waals surface area contributed by atoms with Crippen LogP contribution in [0.5, 0.6) is 0 Å². The Balaban J connectivity index is 1.50. The predicted molar refractivity (Wildman–Crippen MR) is 138 cm³/mol. The molecule has 3 aromatic rings. The molecule has 0 radical (unpaired) electrons. The molecular weight excluding hydrogens is 450 g/mol. The van der Waals surface area contributed by atoms with E-state index in [1.165, 1.54) is 11.6 Å². The monoisotopic (exact) mass is 481 g/mol. The minimum Gasteiger partial charge on any atom is -0.355 e. The molecule has 2 saturated heterocycles. The van der Waals surface area contributed by atoms with E-state index >= 15 is 0 Å². The second-order valence-corrected chi connectivity index (χ2v) is 11.6. The highest BCUT2D eigenvalue weighted by Crippen LogP contribution is 2.47. The Hall–Kier alpha value is -3.73. The zero-order valence-corrected chi connectivity index (χ0v) is 21.2. The van der Waals surface area contributed by atoms with E-state index in [-0.39, 0.29) is 16.7 Å². The van der Waals surface area contributed by atoms with Crippen molar-refractivity contribution in [2.75, 3.05) is 31.1 Å². The molecule has 184 valence electrons. The molecule has 3 aromatic heterocycles. The third-order valence-corrected chi connectivity index (χ3v) is 8.37. The van der Waals surface area contributed by atoms with Gasteiger partial charge in [-0.25, -0.2) is 9.97 Å². The van der Waals surface area contributed by atoms with Gasteiger partial charge in [-0.1, -0.05) is 20.4 Å². The molecule has 1 aliphatic carbocycles. The number of aromatic nitrogens is 4. The lowest BCUT2D eigenvalue weighted by Crippen LogP contribution is -2.59. The average Bonchev–Trinajstić information content (AvgIpc) is 3.48. The van der Waals surface area contributed by atoms with Crippen molar-refractivity contribution in [1.29, 1.82) is 5.26 Å². The summed E-state index contributed by atoms with van der Waals surface area (Å²) in [6, 6.07) is 2.56.